The van der Waals surface area contributed by atoms with Crippen molar-refractivity contribution in [2.75, 3.05) is 18.6 Å². The van der Waals surface area contributed by atoms with Crippen LogP contribution < -0.4 is 9.64 Å². The monoisotopic (exact) mass is 539 g/mol. The molecule has 5 heteroatoms. The Hall–Kier alpha value is -3.08. The van der Waals surface area contributed by atoms with Gasteiger partial charge in [-0.15, -0.1) is 0 Å². The van der Waals surface area contributed by atoms with Gasteiger partial charge in [-0.3, -0.25) is 9.48 Å². The van der Waals surface area contributed by atoms with Crippen molar-refractivity contribution in [2.45, 2.75) is 95.9 Å². The SMILES string of the molecule is COc1ccc(C2CCC(CN(C(=O)C3CCCCC3)c3cccc(-c4cnn(C5CCC5)c4)c3)CC2)cc1C. The van der Waals surface area contributed by atoms with Crippen LogP contribution >= 0.6 is 0 Å². The number of aromatic nitrogens is 2. The quantitative estimate of drug-likeness (QED) is 0.288. The number of carbonyl (C=O) groups excluding carboxylic acids is 1. The van der Waals surface area contributed by atoms with Gasteiger partial charge in [-0.1, -0.05) is 43.5 Å². The lowest BCUT2D eigenvalue weighted by Gasteiger charge is -2.35. The average molecular weight is 540 g/mol. The van der Waals surface area contributed by atoms with E-state index in [0.717, 1.165) is 54.8 Å². The third kappa shape index (κ3) is 5.84. The van der Waals surface area contributed by atoms with Gasteiger partial charge in [0.2, 0.25) is 5.91 Å². The number of nitrogens with zero attached hydrogens (tertiary/aromatic N) is 3. The van der Waals surface area contributed by atoms with Gasteiger partial charge in [0.1, 0.15) is 5.75 Å². The average Bonchev–Trinajstić information content (AvgIpc) is 3.45. The lowest BCUT2D eigenvalue weighted by molar-refractivity contribution is -0.123. The molecule has 40 heavy (non-hydrogen) atoms. The largest absolute Gasteiger partial charge is 0.496 e. The minimum Gasteiger partial charge on any atom is -0.496 e. The maximum absolute atomic E-state index is 14.0. The molecule has 0 spiro atoms. The molecule has 3 saturated carbocycles. The van der Waals surface area contributed by atoms with Gasteiger partial charge >= 0.3 is 0 Å². The first-order valence-corrected chi connectivity index (χ1v) is 15.7. The van der Waals surface area contributed by atoms with Crippen LogP contribution in [0.15, 0.2) is 54.9 Å². The van der Waals surface area contributed by atoms with Gasteiger partial charge < -0.3 is 9.64 Å². The predicted octanol–water partition coefficient (Wildman–Crippen LogP) is 8.48. The Balaban J connectivity index is 1.18. The number of hydrogen-bond acceptors (Lipinski definition) is 3. The zero-order chi connectivity index (χ0) is 27.5. The molecule has 3 fully saturated rings. The van der Waals surface area contributed by atoms with E-state index in [1.165, 1.54) is 62.5 Å². The van der Waals surface area contributed by atoms with Gasteiger partial charge in [-0.2, -0.15) is 5.10 Å². The summed E-state index contributed by atoms with van der Waals surface area (Å²) in [7, 11) is 1.74. The summed E-state index contributed by atoms with van der Waals surface area (Å²) in [6.07, 6.45) is 18.3. The molecule has 0 aliphatic heterocycles. The Kier molecular flexibility index (Phi) is 8.27. The van der Waals surface area contributed by atoms with Crippen molar-refractivity contribution in [3.63, 3.8) is 0 Å². The van der Waals surface area contributed by atoms with Crippen LogP contribution in [0.3, 0.4) is 0 Å². The van der Waals surface area contributed by atoms with Crippen molar-refractivity contribution in [3.8, 4) is 16.9 Å². The maximum Gasteiger partial charge on any atom is 0.230 e. The van der Waals surface area contributed by atoms with E-state index < -0.39 is 0 Å². The Bertz CT molecular complexity index is 1300. The van der Waals surface area contributed by atoms with Crippen LogP contribution in [-0.2, 0) is 4.79 Å². The molecule has 2 aromatic carbocycles. The molecule has 212 valence electrons. The molecule has 0 saturated heterocycles. The fourth-order valence-corrected chi connectivity index (χ4v) is 7.18. The van der Waals surface area contributed by atoms with Crippen molar-refractivity contribution < 1.29 is 9.53 Å². The molecule has 3 aliphatic rings. The summed E-state index contributed by atoms with van der Waals surface area (Å²) in [6, 6.07) is 15.9. The van der Waals surface area contributed by atoms with Gasteiger partial charge in [0.05, 0.1) is 19.3 Å². The predicted molar refractivity (Wildman–Crippen MR) is 162 cm³/mol. The van der Waals surface area contributed by atoms with Gasteiger partial charge in [-0.25, -0.2) is 0 Å². The zero-order valence-corrected chi connectivity index (χ0v) is 24.4. The van der Waals surface area contributed by atoms with Gasteiger partial charge in [0.25, 0.3) is 0 Å². The summed E-state index contributed by atoms with van der Waals surface area (Å²) in [5, 5.41) is 4.67. The topological polar surface area (TPSA) is 47.4 Å². The molecule has 0 bridgehead atoms. The second-order valence-corrected chi connectivity index (χ2v) is 12.6. The van der Waals surface area contributed by atoms with Crippen LogP contribution in [0.1, 0.15) is 100 Å². The number of benzene rings is 2. The minimum absolute atomic E-state index is 0.164. The second kappa shape index (κ2) is 12.2. The number of hydrogen-bond donors (Lipinski definition) is 0. The highest BCUT2D eigenvalue weighted by Gasteiger charge is 2.31. The molecule has 6 rings (SSSR count). The molecule has 0 unspecified atom stereocenters. The first kappa shape index (κ1) is 27.1. The van der Waals surface area contributed by atoms with E-state index in [4.69, 9.17) is 4.74 Å². The van der Waals surface area contributed by atoms with E-state index in [0.29, 0.717) is 23.8 Å². The fraction of sp³-hybridized carbons (Fsp3) is 0.543. The Morgan fingerprint density at radius 1 is 0.925 bits per heavy atom. The van der Waals surface area contributed by atoms with Crippen LogP contribution in [0.5, 0.6) is 5.75 Å². The van der Waals surface area contributed by atoms with Gasteiger partial charge in [-0.05, 0) is 111 Å². The zero-order valence-electron chi connectivity index (χ0n) is 24.4. The number of rotatable bonds is 8. The van der Waals surface area contributed by atoms with Crippen LogP contribution in [0, 0.1) is 18.8 Å². The Morgan fingerprint density at radius 2 is 1.73 bits per heavy atom. The van der Waals surface area contributed by atoms with Gasteiger partial charge in [0, 0.05) is 29.9 Å². The molecule has 1 heterocycles. The van der Waals surface area contributed by atoms with E-state index >= 15 is 0 Å². The van der Waals surface area contributed by atoms with Crippen LogP contribution in [0.25, 0.3) is 11.1 Å². The van der Waals surface area contributed by atoms with Gasteiger partial charge in [0.15, 0.2) is 0 Å². The molecule has 0 N–H and O–H groups in total. The number of amides is 1. The highest BCUT2D eigenvalue weighted by molar-refractivity contribution is 5.95. The van der Waals surface area contributed by atoms with E-state index in [1.54, 1.807) is 7.11 Å². The lowest BCUT2D eigenvalue weighted by atomic mass is 9.78. The summed E-state index contributed by atoms with van der Waals surface area (Å²) in [5.41, 5.74) is 6.00. The van der Waals surface area contributed by atoms with Crippen LogP contribution in [0.4, 0.5) is 5.69 Å². The third-order valence-electron chi connectivity index (χ3n) is 9.94. The molecule has 3 aliphatic carbocycles. The minimum atomic E-state index is 0.164. The number of aryl methyl sites for hydroxylation is 1. The molecular formula is C35H45N3O2. The fourth-order valence-electron chi connectivity index (χ4n) is 7.18. The number of ether oxygens (including phenoxy) is 1. The highest BCUT2D eigenvalue weighted by atomic mass is 16.5. The summed E-state index contributed by atoms with van der Waals surface area (Å²) < 4.78 is 7.61. The van der Waals surface area contributed by atoms with Crippen molar-refractivity contribution in [1.29, 1.82) is 0 Å². The standard InChI is InChI=1S/C35H45N3O2/c1-25-20-30(18-19-34(25)40-2)27-16-14-26(15-17-27)23-37(35(39)28-8-4-3-5-9-28)33-13-6-10-29(21-33)31-22-36-38(24-31)32-11-7-12-32/h6,10,13,18-22,24,26-28,32H,3-5,7-9,11-12,14-17,23H2,1-2H3. The van der Waals surface area contributed by atoms with E-state index in [2.05, 4.69) is 70.3 Å². The van der Waals surface area contributed by atoms with Crippen LogP contribution in [0.2, 0.25) is 0 Å². The summed E-state index contributed by atoms with van der Waals surface area (Å²) >= 11 is 0. The van der Waals surface area contributed by atoms with Crippen molar-refractivity contribution >= 4 is 11.6 Å². The van der Waals surface area contributed by atoms with E-state index in [1.807, 2.05) is 6.20 Å². The summed E-state index contributed by atoms with van der Waals surface area (Å²) in [5.74, 6) is 2.60. The van der Waals surface area contributed by atoms with Crippen LogP contribution in [-0.4, -0.2) is 29.3 Å². The maximum atomic E-state index is 14.0. The Labute approximate surface area is 239 Å². The number of anilines is 1. The molecule has 1 amide bonds. The van der Waals surface area contributed by atoms with E-state index in [-0.39, 0.29) is 5.92 Å². The lowest BCUT2D eigenvalue weighted by Crippen LogP contribution is -2.41. The van der Waals surface area contributed by atoms with E-state index in [9.17, 15) is 4.79 Å². The van der Waals surface area contributed by atoms with Crippen molar-refractivity contribution in [2.24, 2.45) is 11.8 Å². The molecule has 5 nitrogen and oxygen atoms in total. The Morgan fingerprint density at radius 3 is 2.42 bits per heavy atom. The normalized spacial score (nSPS) is 22.1. The second-order valence-electron chi connectivity index (χ2n) is 12.6. The van der Waals surface area contributed by atoms with Crippen molar-refractivity contribution in [1.82, 2.24) is 9.78 Å². The first-order chi connectivity index (χ1) is 19.6. The third-order valence-corrected chi connectivity index (χ3v) is 9.94. The number of carbonyl (C=O) groups is 1. The highest BCUT2D eigenvalue weighted by Crippen LogP contribution is 2.39. The van der Waals surface area contributed by atoms with Crippen molar-refractivity contribution in [3.05, 3.63) is 66.0 Å². The molecular weight excluding hydrogens is 494 g/mol. The first-order valence-electron chi connectivity index (χ1n) is 15.7. The molecule has 0 radical (unpaired) electrons. The number of methoxy groups -OCH3 is 1. The summed E-state index contributed by atoms with van der Waals surface area (Å²) in [4.78, 5) is 16.2. The molecule has 1 aromatic heterocycles. The molecule has 0 atom stereocenters. The summed E-state index contributed by atoms with van der Waals surface area (Å²) in [6.45, 7) is 2.96. The smallest absolute Gasteiger partial charge is 0.230 e. The molecule has 3 aromatic rings.